The van der Waals surface area contributed by atoms with E-state index < -0.39 is 11.8 Å². The van der Waals surface area contributed by atoms with Crippen LogP contribution < -0.4 is 4.74 Å². The molecule has 0 fully saturated rings. The van der Waals surface area contributed by atoms with Crippen LogP contribution in [0.1, 0.15) is 57.7 Å². The smallest absolute Gasteiger partial charge is 0.344 e. The van der Waals surface area contributed by atoms with Gasteiger partial charge in [-0.2, -0.15) is 0 Å². The lowest BCUT2D eigenvalue weighted by atomic mass is 10.0. The molecule has 0 bridgehead atoms. The number of aromatic hydroxyl groups is 1. The van der Waals surface area contributed by atoms with E-state index in [2.05, 4.69) is 0 Å². The minimum Gasteiger partial charge on any atom is -0.507 e. The van der Waals surface area contributed by atoms with Gasteiger partial charge in [-0.25, -0.2) is 4.79 Å². The number of phenols is 1. The summed E-state index contributed by atoms with van der Waals surface area (Å²) in [5, 5.41) is 19.2. The number of fused-ring (bicyclic) bond motifs is 1. The zero-order chi connectivity index (χ0) is 24.8. The molecule has 3 rings (SSSR count). The SMILES string of the molecule is CCCc1c(OCC(=O)OCC)ccc(C(=O)CN2Cc3cc(C(=N)SC)ccc3C2=O)c1O. The van der Waals surface area contributed by atoms with Crippen LogP contribution in [0.3, 0.4) is 0 Å². The second-order valence-corrected chi connectivity index (χ2v) is 8.59. The second kappa shape index (κ2) is 11.2. The first-order valence-electron chi connectivity index (χ1n) is 11.0. The van der Waals surface area contributed by atoms with E-state index in [1.54, 1.807) is 25.1 Å². The van der Waals surface area contributed by atoms with Gasteiger partial charge in [0.15, 0.2) is 12.4 Å². The number of hydrogen-bond acceptors (Lipinski definition) is 8. The van der Waals surface area contributed by atoms with Gasteiger partial charge in [-0.05, 0) is 49.4 Å². The molecule has 2 aromatic rings. The van der Waals surface area contributed by atoms with Gasteiger partial charge >= 0.3 is 5.97 Å². The van der Waals surface area contributed by atoms with Gasteiger partial charge < -0.3 is 19.5 Å². The van der Waals surface area contributed by atoms with Crippen molar-refractivity contribution in [3.8, 4) is 11.5 Å². The number of thioether (sulfide) groups is 1. The van der Waals surface area contributed by atoms with Crippen LogP contribution in [0.2, 0.25) is 0 Å². The quantitative estimate of drug-likeness (QED) is 0.228. The number of ketones is 1. The van der Waals surface area contributed by atoms with Crippen LogP contribution in [0.4, 0.5) is 0 Å². The molecule has 1 amide bonds. The molecule has 0 aliphatic carbocycles. The van der Waals surface area contributed by atoms with E-state index in [0.717, 1.165) is 11.1 Å². The van der Waals surface area contributed by atoms with Crippen molar-refractivity contribution in [3.05, 3.63) is 58.1 Å². The monoisotopic (exact) mass is 484 g/mol. The van der Waals surface area contributed by atoms with Crippen molar-refractivity contribution in [2.75, 3.05) is 26.0 Å². The zero-order valence-electron chi connectivity index (χ0n) is 19.5. The highest BCUT2D eigenvalue weighted by Crippen LogP contribution is 2.34. The molecule has 0 aromatic heterocycles. The van der Waals surface area contributed by atoms with Crippen molar-refractivity contribution in [2.45, 2.75) is 33.2 Å². The summed E-state index contributed by atoms with van der Waals surface area (Å²) >= 11 is 1.32. The summed E-state index contributed by atoms with van der Waals surface area (Å²) in [4.78, 5) is 38.9. The van der Waals surface area contributed by atoms with Crippen molar-refractivity contribution in [3.63, 3.8) is 0 Å². The highest BCUT2D eigenvalue weighted by molar-refractivity contribution is 8.13. The normalized spacial score (nSPS) is 12.4. The minimum absolute atomic E-state index is 0.0977. The Morgan fingerprint density at radius 1 is 1.21 bits per heavy atom. The number of phenolic OH excluding ortho intramolecular Hbond substituents is 1. The summed E-state index contributed by atoms with van der Waals surface area (Å²) in [7, 11) is 0. The highest BCUT2D eigenvalue weighted by Gasteiger charge is 2.30. The van der Waals surface area contributed by atoms with Crippen LogP contribution in [0.25, 0.3) is 0 Å². The zero-order valence-corrected chi connectivity index (χ0v) is 20.3. The molecule has 0 unspecified atom stereocenters. The predicted molar refractivity (Wildman–Crippen MR) is 130 cm³/mol. The van der Waals surface area contributed by atoms with E-state index in [1.165, 1.54) is 22.7 Å². The van der Waals surface area contributed by atoms with Crippen molar-refractivity contribution in [1.82, 2.24) is 4.90 Å². The number of ether oxygens (including phenoxy) is 2. The summed E-state index contributed by atoms with van der Waals surface area (Å²) in [6, 6.07) is 8.23. The van der Waals surface area contributed by atoms with E-state index in [9.17, 15) is 19.5 Å². The fraction of sp³-hybridized carbons (Fsp3) is 0.360. The molecule has 1 aliphatic rings. The average molecular weight is 485 g/mol. The van der Waals surface area contributed by atoms with Crippen LogP contribution in [0.5, 0.6) is 11.5 Å². The number of benzene rings is 2. The number of esters is 1. The topological polar surface area (TPSA) is 117 Å². The number of carbonyl (C=O) groups excluding carboxylic acids is 3. The molecule has 0 spiro atoms. The molecular weight excluding hydrogens is 456 g/mol. The summed E-state index contributed by atoms with van der Waals surface area (Å²) in [5.74, 6) is -1.06. The molecule has 1 aliphatic heterocycles. The Kier molecular flexibility index (Phi) is 8.33. The predicted octanol–water partition coefficient (Wildman–Crippen LogP) is 3.81. The number of Topliss-reactive ketones (excluding diaryl/α,β-unsaturated/α-hetero) is 1. The lowest BCUT2D eigenvalue weighted by Crippen LogP contribution is -2.30. The van der Waals surface area contributed by atoms with Crippen molar-refractivity contribution in [1.29, 1.82) is 5.41 Å². The van der Waals surface area contributed by atoms with Gasteiger partial charge in [0, 0.05) is 23.2 Å². The first-order valence-corrected chi connectivity index (χ1v) is 12.2. The molecule has 34 heavy (non-hydrogen) atoms. The van der Waals surface area contributed by atoms with Crippen LogP contribution in [-0.4, -0.2) is 58.7 Å². The molecule has 2 N–H and O–H groups in total. The maximum Gasteiger partial charge on any atom is 0.344 e. The summed E-state index contributed by atoms with van der Waals surface area (Å²) in [6.45, 7) is 3.64. The Morgan fingerprint density at radius 3 is 2.65 bits per heavy atom. The van der Waals surface area contributed by atoms with Gasteiger partial charge in [0.1, 0.15) is 11.5 Å². The van der Waals surface area contributed by atoms with E-state index >= 15 is 0 Å². The molecule has 0 saturated heterocycles. The van der Waals surface area contributed by atoms with E-state index in [4.69, 9.17) is 14.9 Å². The minimum atomic E-state index is -0.521. The van der Waals surface area contributed by atoms with Crippen LogP contribution in [0, 0.1) is 5.41 Å². The van der Waals surface area contributed by atoms with Crippen LogP contribution >= 0.6 is 11.8 Å². The van der Waals surface area contributed by atoms with Gasteiger partial charge in [-0.3, -0.25) is 15.0 Å². The third kappa shape index (κ3) is 5.41. The van der Waals surface area contributed by atoms with E-state index in [1.807, 2.05) is 19.2 Å². The fourth-order valence-corrected chi connectivity index (χ4v) is 4.20. The fourth-order valence-electron chi connectivity index (χ4n) is 3.84. The Morgan fingerprint density at radius 2 is 1.97 bits per heavy atom. The Hall–Kier alpha value is -3.33. The Balaban J connectivity index is 1.77. The maximum atomic E-state index is 13.1. The number of nitrogens with one attached hydrogen (secondary N) is 1. The molecular formula is C25H28N2O6S. The van der Waals surface area contributed by atoms with Crippen molar-refractivity contribution < 1.29 is 29.0 Å². The first-order chi connectivity index (χ1) is 16.3. The molecule has 0 saturated carbocycles. The molecule has 9 heteroatoms. The lowest BCUT2D eigenvalue weighted by molar-refractivity contribution is -0.145. The van der Waals surface area contributed by atoms with Crippen molar-refractivity contribution in [2.24, 2.45) is 0 Å². The van der Waals surface area contributed by atoms with Crippen LogP contribution in [-0.2, 0) is 22.5 Å². The number of nitrogens with zero attached hydrogens (tertiary/aromatic N) is 1. The molecule has 8 nitrogen and oxygen atoms in total. The molecule has 0 radical (unpaired) electrons. The average Bonchev–Trinajstić information content (AvgIpc) is 3.13. The summed E-state index contributed by atoms with van der Waals surface area (Å²) in [6.07, 6.45) is 2.95. The summed E-state index contributed by atoms with van der Waals surface area (Å²) in [5.41, 5.74) is 2.55. The third-order valence-electron chi connectivity index (χ3n) is 5.48. The largest absolute Gasteiger partial charge is 0.507 e. The van der Waals surface area contributed by atoms with Gasteiger partial charge in [-0.15, -0.1) is 11.8 Å². The third-order valence-corrected chi connectivity index (χ3v) is 6.12. The van der Waals surface area contributed by atoms with Gasteiger partial charge in [-0.1, -0.05) is 19.4 Å². The maximum absolute atomic E-state index is 13.1. The van der Waals surface area contributed by atoms with Crippen molar-refractivity contribution >= 4 is 34.5 Å². The van der Waals surface area contributed by atoms with Gasteiger partial charge in [0.2, 0.25) is 0 Å². The Bertz CT molecular complexity index is 1130. The number of amides is 1. The summed E-state index contributed by atoms with van der Waals surface area (Å²) < 4.78 is 10.4. The number of carbonyl (C=O) groups is 3. The van der Waals surface area contributed by atoms with Gasteiger partial charge in [0.05, 0.1) is 23.8 Å². The molecule has 2 aromatic carbocycles. The second-order valence-electron chi connectivity index (χ2n) is 7.77. The highest BCUT2D eigenvalue weighted by atomic mass is 32.2. The first kappa shape index (κ1) is 25.3. The number of hydrogen-bond donors (Lipinski definition) is 2. The number of rotatable bonds is 10. The lowest BCUT2D eigenvalue weighted by Gasteiger charge is -2.17. The van der Waals surface area contributed by atoms with E-state index in [-0.39, 0.29) is 43.5 Å². The molecule has 180 valence electrons. The van der Waals surface area contributed by atoms with Gasteiger partial charge in [0.25, 0.3) is 5.91 Å². The molecule has 1 heterocycles. The Labute approximate surface area is 202 Å². The molecule has 0 atom stereocenters. The van der Waals surface area contributed by atoms with Crippen LogP contribution in [0.15, 0.2) is 30.3 Å². The standard InChI is InChI=1S/C25H28N2O6S/c1-4-6-19-21(33-14-22(29)32-5-2)10-9-18(23(19)30)20(28)13-27-12-16-11-15(24(26)34-3)7-8-17(16)25(27)31/h7-11,26,30H,4-6,12-14H2,1-3H3. The van der Waals surface area contributed by atoms with E-state index in [0.29, 0.717) is 34.8 Å².